The largest absolute Gasteiger partial charge is 0.333 e. The molecule has 3 aliphatic heterocycles. The Morgan fingerprint density at radius 2 is 1.75 bits per heavy atom. The minimum Gasteiger partial charge on any atom is -0.333 e. The predicted octanol–water partition coefficient (Wildman–Crippen LogP) is 3.54. The number of piperidine rings is 1. The van der Waals surface area contributed by atoms with Crippen molar-refractivity contribution in [1.82, 2.24) is 9.80 Å². The van der Waals surface area contributed by atoms with Gasteiger partial charge in [-0.1, -0.05) is 30.3 Å². The number of nitrogens with zero attached hydrogens (tertiary/aromatic N) is 2. The van der Waals surface area contributed by atoms with Gasteiger partial charge in [-0.15, -0.1) is 0 Å². The number of amides is 1. The van der Waals surface area contributed by atoms with Crippen LogP contribution in [0, 0.1) is 0 Å². The molecule has 3 saturated heterocycles. The molecule has 0 unspecified atom stereocenters. The van der Waals surface area contributed by atoms with Crippen molar-refractivity contribution in [3.05, 3.63) is 35.9 Å². The van der Waals surface area contributed by atoms with Crippen molar-refractivity contribution in [2.24, 2.45) is 0 Å². The van der Waals surface area contributed by atoms with Crippen LogP contribution in [0.25, 0.3) is 0 Å². The monoisotopic (exact) mass is 344 g/mol. The topological polar surface area (TPSA) is 23.6 Å². The fourth-order valence-electron chi connectivity index (χ4n) is 4.77. The third-order valence-electron chi connectivity index (χ3n) is 6.30. The zero-order valence-corrected chi connectivity index (χ0v) is 15.3. The van der Waals surface area contributed by atoms with Crippen molar-refractivity contribution in [2.75, 3.05) is 24.6 Å². The predicted molar refractivity (Wildman–Crippen MR) is 100 cm³/mol. The average molecular weight is 345 g/mol. The Balaban J connectivity index is 1.43. The van der Waals surface area contributed by atoms with Crippen molar-refractivity contribution in [1.29, 1.82) is 0 Å². The van der Waals surface area contributed by atoms with E-state index in [1.807, 2.05) is 6.07 Å². The van der Waals surface area contributed by atoms with E-state index in [1.54, 1.807) is 0 Å². The molecule has 4 rings (SSSR count). The molecule has 0 saturated carbocycles. The van der Waals surface area contributed by atoms with Gasteiger partial charge < -0.3 is 9.80 Å². The molecule has 0 N–H and O–H groups in total. The average Bonchev–Trinajstić information content (AvgIpc) is 2.94. The molecule has 1 spiro atoms. The number of hydrogen-bond acceptors (Lipinski definition) is 3. The number of carbonyl (C=O) groups excluding carboxylic acids is 1. The first kappa shape index (κ1) is 16.5. The number of rotatable bonds is 3. The van der Waals surface area contributed by atoms with Gasteiger partial charge in [-0.2, -0.15) is 11.8 Å². The molecular weight excluding hydrogens is 316 g/mol. The Labute approximate surface area is 149 Å². The maximum atomic E-state index is 12.5. The first-order valence-corrected chi connectivity index (χ1v) is 10.6. The van der Waals surface area contributed by atoms with Crippen molar-refractivity contribution in [2.45, 2.75) is 56.7 Å². The Hall–Kier alpha value is -1.00. The van der Waals surface area contributed by atoms with Crippen LogP contribution < -0.4 is 0 Å². The van der Waals surface area contributed by atoms with Crippen LogP contribution in [0.2, 0.25) is 0 Å². The molecule has 3 aliphatic rings. The molecule has 0 aromatic heterocycles. The highest BCUT2D eigenvalue weighted by molar-refractivity contribution is 7.99. The zero-order chi connectivity index (χ0) is 16.4. The van der Waals surface area contributed by atoms with E-state index in [0.717, 1.165) is 38.3 Å². The summed E-state index contributed by atoms with van der Waals surface area (Å²) < 4.78 is 0. The van der Waals surface area contributed by atoms with Crippen LogP contribution in [0.15, 0.2) is 30.3 Å². The van der Waals surface area contributed by atoms with Gasteiger partial charge in [0.15, 0.2) is 0 Å². The lowest BCUT2D eigenvalue weighted by Crippen LogP contribution is -2.55. The molecule has 3 nitrogen and oxygen atoms in total. The summed E-state index contributed by atoms with van der Waals surface area (Å²) in [5.41, 5.74) is 1.39. The molecule has 0 atom stereocenters. The number of carbonyl (C=O) groups is 1. The van der Waals surface area contributed by atoms with E-state index in [1.165, 1.54) is 43.0 Å². The SMILES string of the molecule is O=C1CCC2(CCN(C3CCSCC3)CC2)N1Cc1ccccc1. The van der Waals surface area contributed by atoms with Crippen LogP contribution in [0.3, 0.4) is 0 Å². The van der Waals surface area contributed by atoms with Crippen LogP contribution in [0.4, 0.5) is 0 Å². The summed E-state index contributed by atoms with van der Waals surface area (Å²) in [5, 5.41) is 0. The molecular formula is C20H28N2OS. The molecule has 130 valence electrons. The minimum absolute atomic E-state index is 0.132. The number of thioether (sulfide) groups is 1. The first-order chi connectivity index (χ1) is 11.8. The summed E-state index contributed by atoms with van der Waals surface area (Å²) in [4.78, 5) is 17.5. The zero-order valence-electron chi connectivity index (χ0n) is 14.5. The van der Waals surface area contributed by atoms with Gasteiger partial charge in [0.2, 0.25) is 5.91 Å². The smallest absolute Gasteiger partial charge is 0.223 e. The van der Waals surface area contributed by atoms with E-state index in [-0.39, 0.29) is 5.54 Å². The van der Waals surface area contributed by atoms with E-state index in [2.05, 4.69) is 45.8 Å². The third kappa shape index (κ3) is 3.23. The summed E-state index contributed by atoms with van der Waals surface area (Å²) >= 11 is 2.10. The molecule has 0 aliphatic carbocycles. The molecule has 24 heavy (non-hydrogen) atoms. The number of hydrogen-bond donors (Lipinski definition) is 0. The summed E-state index contributed by atoms with van der Waals surface area (Å²) in [6.45, 7) is 3.14. The van der Waals surface area contributed by atoms with Gasteiger partial charge in [0.25, 0.3) is 0 Å². The van der Waals surface area contributed by atoms with E-state index in [9.17, 15) is 4.79 Å². The molecule has 0 radical (unpaired) electrons. The lowest BCUT2D eigenvalue weighted by Gasteiger charge is -2.47. The van der Waals surface area contributed by atoms with Crippen LogP contribution in [0.1, 0.15) is 44.1 Å². The number of likely N-dealkylation sites (tertiary alicyclic amines) is 2. The molecule has 1 aromatic rings. The lowest BCUT2D eigenvalue weighted by atomic mass is 9.84. The second-order valence-corrected chi connectivity index (χ2v) is 8.79. The summed E-state index contributed by atoms with van der Waals surface area (Å²) in [6.07, 6.45) is 6.83. The normalized spacial score (nSPS) is 25.5. The molecule has 3 heterocycles. The van der Waals surface area contributed by atoms with Crippen molar-refractivity contribution in [3.63, 3.8) is 0 Å². The maximum Gasteiger partial charge on any atom is 0.223 e. The second kappa shape index (κ2) is 7.09. The van der Waals surface area contributed by atoms with E-state index in [4.69, 9.17) is 0 Å². The highest BCUT2D eigenvalue weighted by Crippen LogP contribution is 2.41. The summed E-state index contributed by atoms with van der Waals surface area (Å²) in [7, 11) is 0. The van der Waals surface area contributed by atoms with Gasteiger partial charge in [-0.05, 0) is 49.2 Å². The fraction of sp³-hybridized carbons (Fsp3) is 0.650. The minimum atomic E-state index is 0.132. The Kier molecular flexibility index (Phi) is 4.86. The molecule has 1 amide bonds. The fourth-order valence-corrected chi connectivity index (χ4v) is 5.85. The van der Waals surface area contributed by atoms with Crippen LogP contribution in [-0.4, -0.2) is 51.9 Å². The Morgan fingerprint density at radius 3 is 2.46 bits per heavy atom. The number of benzene rings is 1. The summed E-state index contributed by atoms with van der Waals surface area (Å²) in [6, 6.07) is 11.3. The van der Waals surface area contributed by atoms with Crippen molar-refractivity contribution < 1.29 is 4.79 Å². The van der Waals surface area contributed by atoms with Gasteiger partial charge in [0, 0.05) is 37.6 Å². The Bertz CT molecular complexity index is 562. The van der Waals surface area contributed by atoms with Gasteiger partial charge >= 0.3 is 0 Å². The standard InChI is InChI=1S/C20H28N2OS/c23-19-6-9-20(22(19)16-17-4-2-1-3-5-17)10-12-21(13-11-20)18-7-14-24-15-8-18/h1-5,18H,6-16H2. The molecule has 0 bridgehead atoms. The van der Waals surface area contributed by atoms with E-state index < -0.39 is 0 Å². The quantitative estimate of drug-likeness (QED) is 0.838. The molecule has 1 aromatic carbocycles. The van der Waals surface area contributed by atoms with Crippen LogP contribution in [0.5, 0.6) is 0 Å². The maximum absolute atomic E-state index is 12.5. The second-order valence-electron chi connectivity index (χ2n) is 7.57. The summed E-state index contributed by atoms with van der Waals surface area (Å²) in [5.74, 6) is 3.01. The third-order valence-corrected chi connectivity index (χ3v) is 7.35. The van der Waals surface area contributed by atoms with Crippen LogP contribution in [-0.2, 0) is 11.3 Å². The van der Waals surface area contributed by atoms with Gasteiger partial charge in [-0.3, -0.25) is 4.79 Å². The van der Waals surface area contributed by atoms with E-state index in [0.29, 0.717) is 5.91 Å². The van der Waals surface area contributed by atoms with Crippen LogP contribution >= 0.6 is 11.8 Å². The van der Waals surface area contributed by atoms with Crippen molar-refractivity contribution in [3.8, 4) is 0 Å². The van der Waals surface area contributed by atoms with Gasteiger partial charge in [0.05, 0.1) is 0 Å². The Morgan fingerprint density at radius 1 is 1.04 bits per heavy atom. The van der Waals surface area contributed by atoms with Gasteiger partial charge in [0.1, 0.15) is 0 Å². The highest BCUT2D eigenvalue weighted by Gasteiger charge is 2.47. The highest BCUT2D eigenvalue weighted by atomic mass is 32.2. The van der Waals surface area contributed by atoms with Gasteiger partial charge in [-0.25, -0.2) is 0 Å². The molecule has 3 fully saturated rings. The molecule has 4 heteroatoms. The van der Waals surface area contributed by atoms with E-state index >= 15 is 0 Å². The van der Waals surface area contributed by atoms with Crippen molar-refractivity contribution >= 4 is 17.7 Å². The lowest BCUT2D eigenvalue weighted by molar-refractivity contribution is -0.133. The first-order valence-electron chi connectivity index (χ1n) is 9.43.